The molecule has 3 N–H and O–H groups in total. The Hall–Kier alpha value is -1.49. The maximum Gasteiger partial charge on any atom is 0.409 e. The predicted octanol–water partition coefficient (Wildman–Crippen LogP) is 3.34. The van der Waals surface area contributed by atoms with Crippen LogP contribution in [0.4, 0.5) is 4.79 Å². The summed E-state index contributed by atoms with van der Waals surface area (Å²) >= 11 is 3.42. The van der Waals surface area contributed by atoms with Gasteiger partial charge in [-0.1, -0.05) is 15.9 Å². The number of benzene rings is 1. The molecule has 0 aliphatic carbocycles. The van der Waals surface area contributed by atoms with E-state index in [1.807, 2.05) is 18.3 Å². The van der Waals surface area contributed by atoms with Gasteiger partial charge in [0.2, 0.25) is 0 Å². The fourth-order valence-corrected chi connectivity index (χ4v) is 2.35. The summed E-state index contributed by atoms with van der Waals surface area (Å²) in [5, 5.41) is 2.11. The number of nitrogens with one attached hydrogen (secondary N) is 1. The van der Waals surface area contributed by atoms with E-state index in [1.54, 1.807) is 6.07 Å². The van der Waals surface area contributed by atoms with Gasteiger partial charge in [0, 0.05) is 22.4 Å². The lowest BCUT2D eigenvalue weighted by atomic mass is 10.1. The Kier molecular flexibility index (Phi) is 4.25. The number of hydrogen-bond acceptors (Lipinski definition) is 2. The van der Waals surface area contributed by atoms with Crippen molar-refractivity contribution in [2.24, 2.45) is 5.73 Å². The molecule has 2 aromatic rings. The van der Waals surface area contributed by atoms with Crippen molar-refractivity contribution >= 4 is 32.9 Å². The molecule has 0 atom stereocenters. The van der Waals surface area contributed by atoms with Gasteiger partial charge >= 0.3 is 6.09 Å². The highest BCUT2D eigenvalue weighted by atomic mass is 79.9. The number of ether oxygens (including phenoxy) is 1. The molecular formula is C13H15BrN2O2. The van der Waals surface area contributed by atoms with E-state index in [4.69, 9.17) is 10.5 Å². The molecule has 1 amide bonds. The van der Waals surface area contributed by atoms with Crippen molar-refractivity contribution in [3.63, 3.8) is 0 Å². The summed E-state index contributed by atoms with van der Waals surface area (Å²) in [6.07, 6.45) is 4.49. The minimum Gasteiger partial charge on any atom is -0.410 e. The van der Waals surface area contributed by atoms with Crippen LogP contribution in [0.2, 0.25) is 0 Å². The first-order valence-corrected chi connectivity index (χ1v) is 6.96. The molecule has 1 aromatic heterocycles. The van der Waals surface area contributed by atoms with Crippen molar-refractivity contribution in [2.75, 3.05) is 5.33 Å². The van der Waals surface area contributed by atoms with Gasteiger partial charge in [0.05, 0.1) is 0 Å². The number of primary amides is 1. The van der Waals surface area contributed by atoms with Gasteiger partial charge in [0.25, 0.3) is 0 Å². The van der Waals surface area contributed by atoms with Crippen LogP contribution in [0.25, 0.3) is 10.9 Å². The number of fused-ring (bicyclic) bond motifs is 1. The number of rotatable bonds is 5. The van der Waals surface area contributed by atoms with Crippen LogP contribution in [0.15, 0.2) is 24.4 Å². The third kappa shape index (κ3) is 3.04. The first-order chi connectivity index (χ1) is 8.70. The molecule has 5 heteroatoms. The Bertz CT molecular complexity index is 551. The molecule has 96 valence electrons. The van der Waals surface area contributed by atoms with E-state index in [-0.39, 0.29) is 0 Å². The number of carbonyl (C=O) groups is 1. The van der Waals surface area contributed by atoms with E-state index in [2.05, 4.69) is 20.9 Å². The van der Waals surface area contributed by atoms with Gasteiger partial charge < -0.3 is 15.5 Å². The highest BCUT2D eigenvalue weighted by Crippen LogP contribution is 2.25. The number of amides is 1. The van der Waals surface area contributed by atoms with Crippen molar-refractivity contribution in [3.8, 4) is 5.75 Å². The van der Waals surface area contributed by atoms with Crippen molar-refractivity contribution in [2.45, 2.75) is 19.3 Å². The van der Waals surface area contributed by atoms with Crippen LogP contribution in [-0.2, 0) is 6.42 Å². The molecule has 4 nitrogen and oxygen atoms in total. The summed E-state index contributed by atoms with van der Waals surface area (Å²) in [6.45, 7) is 0. The average molecular weight is 311 g/mol. The second-order valence-electron chi connectivity index (χ2n) is 4.09. The number of nitrogens with two attached hydrogens (primary N) is 1. The number of unbranched alkanes of at least 4 members (excludes halogenated alkanes) is 1. The average Bonchev–Trinajstić information content (AvgIpc) is 2.72. The Morgan fingerprint density at radius 2 is 2.22 bits per heavy atom. The maximum atomic E-state index is 10.7. The van der Waals surface area contributed by atoms with Crippen LogP contribution in [0.3, 0.4) is 0 Å². The van der Waals surface area contributed by atoms with Crippen LogP contribution in [0.1, 0.15) is 18.4 Å². The summed E-state index contributed by atoms with van der Waals surface area (Å²) in [7, 11) is 0. The Morgan fingerprint density at radius 3 is 2.94 bits per heavy atom. The third-order valence-corrected chi connectivity index (χ3v) is 3.35. The highest BCUT2D eigenvalue weighted by molar-refractivity contribution is 9.09. The number of aryl methyl sites for hydroxylation is 1. The second kappa shape index (κ2) is 5.91. The number of carbonyl (C=O) groups excluding carboxylic acids is 1. The van der Waals surface area contributed by atoms with Crippen LogP contribution in [0, 0.1) is 0 Å². The lowest BCUT2D eigenvalue weighted by Gasteiger charge is -2.02. The largest absolute Gasteiger partial charge is 0.410 e. The van der Waals surface area contributed by atoms with Crippen molar-refractivity contribution in [1.29, 1.82) is 0 Å². The highest BCUT2D eigenvalue weighted by Gasteiger charge is 2.06. The van der Waals surface area contributed by atoms with E-state index < -0.39 is 6.09 Å². The van der Waals surface area contributed by atoms with Crippen LogP contribution >= 0.6 is 15.9 Å². The maximum absolute atomic E-state index is 10.7. The van der Waals surface area contributed by atoms with Gasteiger partial charge in [0.1, 0.15) is 5.75 Å². The summed E-state index contributed by atoms with van der Waals surface area (Å²) in [4.78, 5) is 13.9. The van der Waals surface area contributed by atoms with E-state index in [0.29, 0.717) is 5.75 Å². The van der Waals surface area contributed by atoms with Gasteiger partial charge in [-0.3, -0.25) is 0 Å². The van der Waals surface area contributed by atoms with Gasteiger partial charge in [-0.15, -0.1) is 0 Å². The molecule has 0 unspecified atom stereocenters. The zero-order chi connectivity index (χ0) is 13.0. The number of aromatic nitrogens is 1. The molecule has 0 saturated carbocycles. The Morgan fingerprint density at radius 1 is 1.39 bits per heavy atom. The molecule has 0 aliphatic heterocycles. The normalized spacial score (nSPS) is 10.7. The minimum absolute atomic E-state index is 0.483. The van der Waals surface area contributed by atoms with E-state index in [9.17, 15) is 4.79 Å². The third-order valence-electron chi connectivity index (χ3n) is 2.79. The molecule has 0 radical (unpaired) electrons. The van der Waals surface area contributed by atoms with Gasteiger partial charge in [0.15, 0.2) is 0 Å². The van der Waals surface area contributed by atoms with E-state index in [1.165, 1.54) is 5.56 Å². The summed E-state index contributed by atoms with van der Waals surface area (Å²) < 4.78 is 4.89. The molecule has 0 fully saturated rings. The van der Waals surface area contributed by atoms with Gasteiger partial charge in [-0.05, 0) is 43.0 Å². The number of alkyl halides is 1. The molecule has 1 heterocycles. The minimum atomic E-state index is -0.786. The number of aromatic amines is 1. The monoisotopic (exact) mass is 310 g/mol. The van der Waals surface area contributed by atoms with Crippen molar-refractivity contribution in [1.82, 2.24) is 4.98 Å². The molecule has 0 spiro atoms. The second-order valence-corrected chi connectivity index (χ2v) is 4.88. The standard InChI is InChI=1S/C13H15BrN2O2/c14-6-2-1-3-9-8-16-12-5-4-10(7-11(9)12)18-13(15)17/h4-5,7-8,16H,1-3,6H2,(H2,15,17). The van der Waals surface area contributed by atoms with E-state index in [0.717, 1.165) is 35.5 Å². The summed E-state index contributed by atoms with van der Waals surface area (Å²) in [6, 6.07) is 5.47. The van der Waals surface area contributed by atoms with Gasteiger partial charge in [-0.2, -0.15) is 0 Å². The topological polar surface area (TPSA) is 68.1 Å². The molecule has 0 saturated heterocycles. The first-order valence-electron chi connectivity index (χ1n) is 5.84. The molecule has 18 heavy (non-hydrogen) atoms. The SMILES string of the molecule is NC(=O)Oc1ccc2[nH]cc(CCCCBr)c2c1. The van der Waals surface area contributed by atoms with Crippen molar-refractivity contribution in [3.05, 3.63) is 30.0 Å². The number of H-pyrrole nitrogens is 1. The lowest BCUT2D eigenvalue weighted by molar-refractivity contribution is 0.211. The Labute approximate surface area is 114 Å². The number of halogens is 1. The smallest absolute Gasteiger partial charge is 0.409 e. The number of hydrogen-bond donors (Lipinski definition) is 2. The van der Waals surface area contributed by atoms with Crippen LogP contribution in [-0.4, -0.2) is 16.4 Å². The fourth-order valence-electron chi connectivity index (χ4n) is 1.95. The summed E-state index contributed by atoms with van der Waals surface area (Å²) in [5.41, 5.74) is 7.29. The first kappa shape index (κ1) is 13.0. The fraction of sp³-hybridized carbons (Fsp3) is 0.308. The van der Waals surface area contributed by atoms with Crippen molar-refractivity contribution < 1.29 is 9.53 Å². The lowest BCUT2D eigenvalue weighted by Crippen LogP contribution is -2.16. The Balaban J connectivity index is 2.22. The predicted molar refractivity (Wildman–Crippen MR) is 75.2 cm³/mol. The zero-order valence-corrected chi connectivity index (χ0v) is 11.5. The molecule has 1 aromatic carbocycles. The molecule has 2 rings (SSSR count). The van der Waals surface area contributed by atoms with Crippen LogP contribution in [0.5, 0.6) is 5.75 Å². The van der Waals surface area contributed by atoms with Gasteiger partial charge in [-0.25, -0.2) is 4.79 Å². The molecule has 0 aliphatic rings. The quantitative estimate of drug-likeness (QED) is 0.657. The zero-order valence-electron chi connectivity index (χ0n) is 9.91. The van der Waals surface area contributed by atoms with E-state index >= 15 is 0 Å². The molecule has 0 bridgehead atoms. The molecular weight excluding hydrogens is 296 g/mol. The summed E-state index contributed by atoms with van der Waals surface area (Å²) in [5.74, 6) is 0.483. The van der Waals surface area contributed by atoms with Crippen LogP contribution < -0.4 is 10.5 Å².